The van der Waals surface area contributed by atoms with Crippen LogP contribution in [0.3, 0.4) is 0 Å². The molecular formula is C77H57F6N3. The highest BCUT2D eigenvalue weighted by Gasteiger charge is 2.39. The van der Waals surface area contributed by atoms with Crippen LogP contribution in [0.2, 0.25) is 0 Å². The minimum atomic E-state index is -5.15. The first-order chi connectivity index (χ1) is 41.1. The molecule has 0 amide bonds. The number of alkyl halides is 6. The van der Waals surface area contributed by atoms with Crippen molar-refractivity contribution in [2.75, 3.05) is 0 Å². The third kappa shape index (κ3) is 9.60. The number of aromatic nitrogens is 2. The van der Waals surface area contributed by atoms with Gasteiger partial charge in [-0.25, -0.2) is 0 Å². The van der Waals surface area contributed by atoms with Crippen molar-refractivity contribution in [1.29, 1.82) is 5.26 Å². The van der Waals surface area contributed by atoms with Gasteiger partial charge in [0, 0.05) is 32.7 Å². The predicted octanol–water partition coefficient (Wildman–Crippen LogP) is 22.3. The van der Waals surface area contributed by atoms with Crippen LogP contribution < -0.4 is 0 Å². The fourth-order valence-electron chi connectivity index (χ4n) is 13.1. The first-order valence-electron chi connectivity index (χ1n) is 28.6. The molecule has 0 spiro atoms. The summed E-state index contributed by atoms with van der Waals surface area (Å²) in [6.45, 7) is 16.7. The smallest absolute Gasteiger partial charge is 0.309 e. The number of hydrogen-bond donors (Lipinski definition) is 0. The third-order valence-corrected chi connectivity index (χ3v) is 17.2. The maximum atomic E-state index is 15.4. The number of rotatable bonds is 8. The van der Waals surface area contributed by atoms with Gasteiger partial charge in [-0.3, -0.25) is 0 Å². The summed E-state index contributed by atoms with van der Waals surface area (Å²) in [6.07, 6.45) is -10.2. The molecular weight excluding hydrogens is 1080 g/mol. The number of nitrogens with zero attached hydrogens (tertiary/aromatic N) is 3. The van der Waals surface area contributed by atoms with E-state index in [4.69, 9.17) is 0 Å². The van der Waals surface area contributed by atoms with Crippen molar-refractivity contribution in [3.05, 3.63) is 261 Å². The first-order valence-corrected chi connectivity index (χ1v) is 28.6. The minimum absolute atomic E-state index is 0.0475. The lowest BCUT2D eigenvalue weighted by Crippen LogP contribution is -2.12. The van der Waals surface area contributed by atoms with E-state index in [0.29, 0.717) is 34.1 Å². The second kappa shape index (κ2) is 20.7. The molecule has 11 aromatic carbocycles. The van der Waals surface area contributed by atoms with Crippen molar-refractivity contribution in [1.82, 2.24) is 9.13 Å². The molecule has 0 atom stereocenters. The summed E-state index contributed by atoms with van der Waals surface area (Å²) in [5.41, 5.74) is 20.0. The Labute approximate surface area is 495 Å². The molecule has 3 nitrogen and oxygen atoms in total. The molecule has 9 heteroatoms. The molecule has 13 rings (SSSR count). The van der Waals surface area contributed by atoms with Gasteiger partial charge in [0.2, 0.25) is 0 Å². The van der Waals surface area contributed by atoms with Crippen molar-refractivity contribution in [3.63, 3.8) is 0 Å². The lowest BCUT2D eigenvalue weighted by atomic mass is 9.92. The van der Waals surface area contributed by atoms with Crippen LogP contribution >= 0.6 is 0 Å². The SMILES string of the molecule is Cc1ccc(-c2ccc3c(c2)c2cc(-c4ccc(C)cc4C)ccc2n3-c2ccc(C#N)cc2-c2ccc(-c3ccc(C(F)(F)F)cc3C(F)(F)F)cc2-n2c3ccc(-c4ccc(C)cc4C)cc3c3cc(-c4ccc(C)cc4C)ccc32)c(C)c1. The topological polar surface area (TPSA) is 33.6 Å². The second-order valence-corrected chi connectivity index (χ2v) is 23.2. The van der Waals surface area contributed by atoms with Gasteiger partial charge in [-0.05, 0) is 218 Å². The highest BCUT2D eigenvalue weighted by Crippen LogP contribution is 2.48. The average molecular weight is 1140 g/mol. The van der Waals surface area contributed by atoms with E-state index in [-0.39, 0.29) is 11.6 Å². The Bertz CT molecular complexity index is 4800. The monoisotopic (exact) mass is 1140 g/mol. The van der Waals surface area contributed by atoms with Crippen molar-refractivity contribution in [2.45, 2.75) is 67.7 Å². The van der Waals surface area contributed by atoms with Crippen LogP contribution in [-0.2, 0) is 12.4 Å². The highest BCUT2D eigenvalue weighted by molar-refractivity contribution is 6.14. The number of benzene rings is 11. The number of fused-ring (bicyclic) bond motifs is 6. The van der Waals surface area contributed by atoms with Gasteiger partial charge in [-0.1, -0.05) is 138 Å². The van der Waals surface area contributed by atoms with E-state index in [0.717, 1.165) is 139 Å². The number of aryl methyl sites for hydroxylation is 8. The van der Waals surface area contributed by atoms with Crippen molar-refractivity contribution in [3.8, 4) is 84.2 Å². The highest BCUT2D eigenvalue weighted by atomic mass is 19.4. The maximum absolute atomic E-state index is 15.4. The zero-order valence-corrected chi connectivity index (χ0v) is 48.7. The molecule has 86 heavy (non-hydrogen) atoms. The quantitative estimate of drug-likeness (QED) is 0.140. The fourth-order valence-corrected chi connectivity index (χ4v) is 13.1. The Morgan fingerprint density at radius 3 is 1.01 bits per heavy atom. The van der Waals surface area contributed by atoms with Gasteiger partial charge in [0.15, 0.2) is 0 Å². The molecule has 0 N–H and O–H groups in total. The molecule has 0 radical (unpaired) electrons. The van der Waals surface area contributed by atoms with Crippen LogP contribution in [0, 0.1) is 66.7 Å². The lowest BCUT2D eigenvalue weighted by Gasteiger charge is -2.21. The fraction of sp³-hybridized carbons (Fsp3) is 0.130. The number of hydrogen-bond acceptors (Lipinski definition) is 1. The molecule has 0 aliphatic carbocycles. The van der Waals surface area contributed by atoms with Gasteiger partial charge in [0.1, 0.15) is 0 Å². The van der Waals surface area contributed by atoms with Crippen LogP contribution in [0.5, 0.6) is 0 Å². The van der Waals surface area contributed by atoms with E-state index in [1.807, 2.05) is 24.3 Å². The Kier molecular flexibility index (Phi) is 13.3. The summed E-state index contributed by atoms with van der Waals surface area (Å²) in [5.74, 6) is 0. The summed E-state index contributed by atoms with van der Waals surface area (Å²) >= 11 is 0. The second-order valence-electron chi connectivity index (χ2n) is 23.2. The van der Waals surface area contributed by atoms with Crippen LogP contribution in [0.25, 0.3) is 122 Å². The Morgan fingerprint density at radius 1 is 0.302 bits per heavy atom. The molecule has 2 heterocycles. The van der Waals surface area contributed by atoms with Gasteiger partial charge in [-0.2, -0.15) is 31.6 Å². The molecule has 0 saturated carbocycles. The molecule has 422 valence electrons. The lowest BCUT2D eigenvalue weighted by molar-refractivity contribution is -0.142. The zero-order valence-electron chi connectivity index (χ0n) is 48.7. The average Bonchev–Trinajstić information content (AvgIpc) is 1.66. The van der Waals surface area contributed by atoms with Gasteiger partial charge in [-0.15, -0.1) is 0 Å². The first kappa shape index (κ1) is 55.3. The van der Waals surface area contributed by atoms with E-state index in [2.05, 4.69) is 204 Å². The Hall–Kier alpha value is -9.91. The van der Waals surface area contributed by atoms with Crippen LogP contribution in [0.1, 0.15) is 61.2 Å². The Morgan fingerprint density at radius 2 is 0.651 bits per heavy atom. The predicted molar refractivity (Wildman–Crippen MR) is 340 cm³/mol. The molecule has 2 aromatic heterocycles. The Balaban J connectivity index is 1.14. The molecule has 0 fully saturated rings. The van der Waals surface area contributed by atoms with E-state index in [1.54, 1.807) is 24.3 Å². The van der Waals surface area contributed by atoms with E-state index in [1.165, 1.54) is 0 Å². The molecule has 0 aliphatic rings. The number of nitriles is 1. The van der Waals surface area contributed by atoms with Crippen molar-refractivity contribution >= 4 is 43.6 Å². The van der Waals surface area contributed by atoms with Gasteiger partial charge in [0.25, 0.3) is 0 Å². The van der Waals surface area contributed by atoms with Crippen molar-refractivity contribution < 1.29 is 26.3 Å². The van der Waals surface area contributed by atoms with Crippen LogP contribution in [-0.4, -0.2) is 9.13 Å². The minimum Gasteiger partial charge on any atom is -0.309 e. The summed E-state index contributed by atoms with van der Waals surface area (Å²) < 4.78 is 93.2. The normalized spacial score (nSPS) is 12.1. The molecule has 0 bridgehead atoms. The van der Waals surface area contributed by atoms with Gasteiger partial charge < -0.3 is 9.13 Å². The standard InChI is InChI=1S/C77H57F6N3/c1-43-9-20-58(47(5)31-43)52-15-27-71-65(36-52)66-37-53(59-21-10-44(2)32-48(59)6)16-28-72(66)85(71)70-26-13-51(42-84)35-64(70)63-24-14-56(62-25-19-57(76(78,79)80)41-69(62)77(81,82)83)40-75(63)86-73-29-17-54(60-22-11-45(3)33-49(60)7)38-67(73)68-39-55(18-30-74(68)86)61-23-12-46(4)34-50(61)8/h9-41H,1-8H3. The summed E-state index contributed by atoms with van der Waals surface area (Å²) in [4.78, 5) is 0. The summed E-state index contributed by atoms with van der Waals surface area (Å²) in [7, 11) is 0. The number of halogens is 6. The van der Waals surface area contributed by atoms with Gasteiger partial charge >= 0.3 is 12.4 Å². The molecule has 0 saturated heterocycles. The molecule has 0 unspecified atom stereocenters. The third-order valence-electron chi connectivity index (χ3n) is 17.2. The van der Waals surface area contributed by atoms with E-state index in [9.17, 15) is 18.4 Å². The van der Waals surface area contributed by atoms with Crippen LogP contribution in [0.4, 0.5) is 26.3 Å². The molecule has 13 aromatic rings. The zero-order chi connectivity index (χ0) is 60.2. The molecule has 0 aliphatic heterocycles. The van der Waals surface area contributed by atoms with Crippen molar-refractivity contribution in [2.24, 2.45) is 0 Å². The maximum Gasteiger partial charge on any atom is 0.417 e. The summed E-state index contributed by atoms with van der Waals surface area (Å²) in [5, 5.41) is 14.5. The van der Waals surface area contributed by atoms with E-state index < -0.39 is 29.0 Å². The van der Waals surface area contributed by atoms with Crippen LogP contribution in [0.15, 0.2) is 200 Å². The summed E-state index contributed by atoms with van der Waals surface area (Å²) in [6, 6.07) is 65.8. The largest absolute Gasteiger partial charge is 0.417 e. The van der Waals surface area contributed by atoms with E-state index >= 15 is 13.2 Å². The van der Waals surface area contributed by atoms with Gasteiger partial charge in [0.05, 0.1) is 56.2 Å².